The van der Waals surface area contributed by atoms with Crippen LogP contribution in [0.25, 0.3) is 93.4 Å². The SMILES string of the molecule is CC(C)(C)n1c2ccccc2c2cc(-n3c4ccccc4c4cc(-c5cccc(-c6cccc7c8ccccc8n(C(C)(C)C)c67)c5)ccc43)ccc21. The maximum atomic E-state index is 2.53. The van der Waals surface area contributed by atoms with Crippen molar-refractivity contribution in [3.8, 4) is 27.9 Å². The maximum absolute atomic E-state index is 2.53. The van der Waals surface area contributed by atoms with Crippen LogP contribution in [-0.2, 0) is 11.1 Å². The Bertz CT molecular complexity index is 3080. The number of fused-ring (bicyclic) bond motifs is 9. The van der Waals surface area contributed by atoms with Crippen molar-refractivity contribution in [2.75, 3.05) is 0 Å². The second-order valence-corrected chi connectivity index (χ2v) is 16.6. The van der Waals surface area contributed by atoms with Crippen LogP contribution in [0.4, 0.5) is 0 Å². The number of aromatic nitrogens is 3. The van der Waals surface area contributed by atoms with E-state index in [2.05, 4.69) is 207 Å². The van der Waals surface area contributed by atoms with Gasteiger partial charge < -0.3 is 13.7 Å². The molecule has 3 aromatic heterocycles. The fourth-order valence-electron chi connectivity index (χ4n) is 9.07. The Balaban J connectivity index is 1.15. The molecule has 0 atom stereocenters. The van der Waals surface area contributed by atoms with Crippen molar-refractivity contribution < 1.29 is 0 Å². The Labute approximate surface area is 310 Å². The van der Waals surface area contributed by atoms with Crippen LogP contribution in [0.5, 0.6) is 0 Å². The van der Waals surface area contributed by atoms with Gasteiger partial charge in [-0.3, -0.25) is 0 Å². The predicted octanol–water partition coefficient (Wildman–Crippen LogP) is 13.8. The van der Waals surface area contributed by atoms with Crippen molar-refractivity contribution in [1.82, 2.24) is 13.7 Å². The number of benzene rings is 7. The summed E-state index contributed by atoms with van der Waals surface area (Å²) < 4.78 is 7.45. The van der Waals surface area contributed by atoms with Gasteiger partial charge in [0.1, 0.15) is 0 Å². The van der Waals surface area contributed by atoms with Gasteiger partial charge in [0.15, 0.2) is 0 Å². The van der Waals surface area contributed by atoms with Crippen molar-refractivity contribution in [3.63, 3.8) is 0 Å². The normalized spacial score (nSPS) is 12.7. The summed E-state index contributed by atoms with van der Waals surface area (Å²) in [7, 11) is 0. The van der Waals surface area contributed by atoms with Crippen LogP contribution in [0.2, 0.25) is 0 Å². The first-order valence-electron chi connectivity index (χ1n) is 18.8. The lowest BCUT2D eigenvalue weighted by atomic mass is 9.96. The molecule has 0 saturated carbocycles. The molecule has 53 heavy (non-hydrogen) atoms. The smallest absolute Gasteiger partial charge is 0.0576 e. The first-order valence-corrected chi connectivity index (χ1v) is 18.8. The molecule has 10 aromatic rings. The van der Waals surface area contributed by atoms with E-state index in [1.165, 1.54) is 93.4 Å². The zero-order valence-electron chi connectivity index (χ0n) is 31.3. The van der Waals surface area contributed by atoms with Gasteiger partial charge >= 0.3 is 0 Å². The molecule has 3 heteroatoms. The summed E-state index contributed by atoms with van der Waals surface area (Å²) in [5, 5.41) is 7.70. The van der Waals surface area contributed by atoms with E-state index in [4.69, 9.17) is 0 Å². The Kier molecular flexibility index (Phi) is 6.70. The van der Waals surface area contributed by atoms with E-state index in [1.807, 2.05) is 0 Å². The van der Waals surface area contributed by atoms with Crippen LogP contribution in [0.15, 0.2) is 152 Å². The molecule has 7 aromatic carbocycles. The Morgan fingerprint density at radius 1 is 0.340 bits per heavy atom. The summed E-state index contributed by atoms with van der Waals surface area (Å²) in [6.45, 7) is 13.8. The second kappa shape index (κ2) is 11.2. The Morgan fingerprint density at radius 2 is 0.830 bits per heavy atom. The number of rotatable bonds is 3. The van der Waals surface area contributed by atoms with Gasteiger partial charge in [-0.15, -0.1) is 0 Å². The van der Waals surface area contributed by atoms with Gasteiger partial charge in [-0.2, -0.15) is 0 Å². The number of para-hydroxylation sites is 4. The molecule has 258 valence electrons. The lowest BCUT2D eigenvalue weighted by Crippen LogP contribution is -2.21. The topological polar surface area (TPSA) is 14.8 Å². The molecule has 0 spiro atoms. The number of nitrogens with zero attached hydrogens (tertiary/aromatic N) is 3. The minimum absolute atomic E-state index is 0.0407. The van der Waals surface area contributed by atoms with Crippen LogP contribution in [-0.4, -0.2) is 13.7 Å². The highest BCUT2D eigenvalue weighted by Crippen LogP contribution is 2.42. The summed E-state index contributed by atoms with van der Waals surface area (Å²) >= 11 is 0. The molecular formula is C50H43N3. The molecule has 10 rings (SSSR count). The van der Waals surface area contributed by atoms with E-state index in [1.54, 1.807) is 0 Å². The third kappa shape index (κ3) is 4.73. The van der Waals surface area contributed by atoms with E-state index < -0.39 is 0 Å². The second-order valence-electron chi connectivity index (χ2n) is 16.6. The van der Waals surface area contributed by atoms with Crippen LogP contribution < -0.4 is 0 Å². The van der Waals surface area contributed by atoms with E-state index in [9.17, 15) is 0 Å². The fraction of sp³-hybridized carbons (Fsp3) is 0.160. The highest BCUT2D eigenvalue weighted by atomic mass is 15.1. The molecule has 0 aliphatic carbocycles. The van der Waals surface area contributed by atoms with Crippen molar-refractivity contribution in [2.45, 2.75) is 52.6 Å². The lowest BCUT2D eigenvalue weighted by molar-refractivity contribution is 0.423. The van der Waals surface area contributed by atoms with Gasteiger partial charge in [0, 0.05) is 71.2 Å². The van der Waals surface area contributed by atoms with Crippen LogP contribution in [0.1, 0.15) is 41.5 Å². The molecule has 0 fully saturated rings. The molecule has 0 radical (unpaired) electrons. The third-order valence-electron chi connectivity index (χ3n) is 11.1. The number of hydrogen-bond donors (Lipinski definition) is 0. The predicted molar refractivity (Wildman–Crippen MR) is 228 cm³/mol. The molecule has 0 aliphatic rings. The molecule has 3 nitrogen and oxygen atoms in total. The van der Waals surface area contributed by atoms with E-state index >= 15 is 0 Å². The van der Waals surface area contributed by atoms with Gasteiger partial charge in [-0.25, -0.2) is 0 Å². The monoisotopic (exact) mass is 685 g/mol. The Morgan fingerprint density at radius 3 is 1.55 bits per heavy atom. The average Bonchev–Trinajstić information content (AvgIpc) is 3.80. The molecule has 0 amide bonds. The number of hydrogen-bond acceptors (Lipinski definition) is 0. The third-order valence-corrected chi connectivity index (χ3v) is 11.1. The lowest BCUT2D eigenvalue weighted by Gasteiger charge is -2.25. The van der Waals surface area contributed by atoms with Crippen molar-refractivity contribution in [3.05, 3.63) is 152 Å². The van der Waals surface area contributed by atoms with E-state index in [0.29, 0.717) is 0 Å². The van der Waals surface area contributed by atoms with Crippen LogP contribution in [0.3, 0.4) is 0 Å². The van der Waals surface area contributed by atoms with Gasteiger partial charge in [0.25, 0.3) is 0 Å². The summed E-state index contributed by atoms with van der Waals surface area (Å²) in [5.41, 5.74) is 13.5. The van der Waals surface area contributed by atoms with Crippen molar-refractivity contribution in [1.29, 1.82) is 0 Å². The molecule has 3 heterocycles. The van der Waals surface area contributed by atoms with Crippen LogP contribution >= 0.6 is 0 Å². The minimum Gasteiger partial charge on any atom is -0.335 e. The fourth-order valence-corrected chi connectivity index (χ4v) is 9.07. The maximum Gasteiger partial charge on any atom is 0.0576 e. The zero-order valence-corrected chi connectivity index (χ0v) is 31.3. The molecule has 0 N–H and O–H groups in total. The van der Waals surface area contributed by atoms with Gasteiger partial charge in [-0.05, 0) is 113 Å². The summed E-state index contributed by atoms with van der Waals surface area (Å²) in [6.07, 6.45) is 0. The summed E-state index contributed by atoms with van der Waals surface area (Å²) in [5.74, 6) is 0. The summed E-state index contributed by atoms with van der Waals surface area (Å²) in [4.78, 5) is 0. The minimum atomic E-state index is -0.0808. The average molecular weight is 686 g/mol. The summed E-state index contributed by atoms with van der Waals surface area (Å²) in [6, 6.07) is 56.4. The molecular weight excluding hydrogens is 643 g/mol. The van der Waals surface area contributed by atoms with E-state index in [0.717, 1.165) is 0 Å². The zero-order chi connectivity index (χ0) is 36.2. The Hall–Kier alpha value is -6.06. The van der Waals surface area contributed by atoms with E-state index in [-0.39, 0.29) is 11.1 Å². The molecule has 0 bridgehead atoms. The van der Waals surface area contributed by atoms with Gasteiger partial charge in [0.05, 0.1) is 16.6 Å². The highest BCUT2D eigenvalue weighted by molar-refractivity contribution is 6.14. The highest BCUT2D eigenvalue weighted by Gasteiger charge is 2.24. The van der Waals surface area contributed by atoms with Crippen LogP contribution in [0, 0.1) is 0 Å². The largest absolute Gasteiger partial charge is 0.335 e. The van der Waals surface area contributed by atoms with Crippen molar-refractivity contribution >= 4 is 65.4 Å². The standard InChI is InChI=1S/C50H43N3/c1-49(2,3)52-45-23-11-9-19-39(45)42-31-35(26-28-47(42)52)51-43-22-10-7-18-38(43)41-30-33(25-27-44(41)51)32-15-13-16-34(29-32)36-20-14-21-40-37-17-8-12-24-46(37)53(48(36)40)50(4,5)6/h7-31H,1-6H3. The first kappa shape index (κ1) is 31.7. The quantitative estimate of drug-likeness (QED) is 0.176. The molecule has 0 saturated heterocycles. The van der Waals surface area contributed by atoms with Gasteiger partial charge in [-0.1, -0.05) is 97.1 Å². The first-order chi connectivity index (χ1) is 25.6. The van der Waals surface area contributed by atoms with Crippen molar-refractivity contribution in [2.24, 2.45) is 0 Å². The molecule has 0 unspecified atom stereocenters. The van der Waals surface area contributed by atoms with Gasteiger partial charge in [0.2, 0.25) is 0 Å². The molecule has 0 aliphatic heterocycles.